The number of hydrogen-bond donors (Lipinski definition) is 1. The van der Waals surface area contributed by atoms with Gasteiger partial charge in [-0.05, 0) is 24.5 Å². The zero-order chi connectivity index (χ0) is 11.8. The Bertz CT molecular complexity index is 275. The Kier molecular flexibility index (Phi) is 6.04. The first-order valence-electron chi connectivity index (χ1n) is 5.87. The van der Waals surface area contributed by atoms with Gasteiger partial charge in [0, 0.05) is 25.8 Å². The molecule has 0 radical (unpaired) electrons. The molecule has 0 fully saturated rings. The summed E-state index contributed by atoms with van der Waals surface area (Å²) in [7, 11) is 0. The molecule has 1 atom stereocenters. The van der Waals surface area contributed by atoms with Crippen LogP contribution in [-0.2, 0) is 4.74 Å². The van der Waals surface area contributed by atoms with Gasteiger partial charge >= 0.3 is 0 Å². The van der Waals surface area contributed by atoms with Gasteiger partial charge in [0.05, 0.1) is 11.8 Å². The van der Waals surface area contributed by atoms with E-state index in [4.69, 9.17) is 4.74 Å². The molecule has 0 saturated carbocycles. The summed E-state index contributed by atoms with van der Waals surface area (Å²) in [4.78, 5) is 4.10. The molecule has 1 aromatic heterocycles. The monoisotopic (exact) mass is 223 g/mol. The minimum absolute atomic E-state index is 0.514. The van der Waals surface area contributed by atoms with Crippen LogP contribution < -0.4 is 0 Å². The van der Waals surface area contributed by atoms with Gasteiger partial charge in [-0.1, -0.05) is 19.9 Å². The molecule has 0 bridgehead atoms. The Morgan fingerprint density at radius 1 is 1.25 bits per heavy atom. The number of nitrogens with zero attached hydrogens (tertiary/aromatic N) is 1. The molecule has 0 aliphatic heterocycles. The Labute approximate surface area is 97.5 Å². The van der Waals surface area contributed by atoms with Crippen LogP contribution in [-0.4, -0.2) is 23.3 Å². The minimum Gasteiger partial charge on any atom is -0.387 e. The third kappa shape index (κ3) is 5.24. The van der Waals surface area contributed by atoms with Crippen LogP contribution in [0.15, 0.2) is 24.4 Å². The number of ether oxygens (including phenoxy) is 1. The van der Waals surface area contributed by atoms with Gasteiger partial charge in [-0.2, -0.15) is 0 Å². The van der Waals surface area contributed by atoms with E-state index >= 15 is 0 Å². The maximum absolute atomic E-state index is 9.79. The van der Waals surface area contributed by atoms with Crippen LogP contribution in [0.4, 0.5) is 0 Å². The van der Waals surface area contributed by atoms with Crippen molar-refractivity contribution in [3.05, 3.63) is 30.1 Å². The molecule has 0 aromatic carbocycles. The highest BCUT2D eigenvalue weighted by Crippen LogP contribution is 2.13. The highest BCUT2D eigenvalue weighted by atomic mass is 16.5. The fraction of sp³-hybridized carbons (Fsp3) is 0.615. The average Bonchev–Trinajstić information content (AvgIpc) is 2.29. The fourth-order valence-corrected chi connectivity index (χ4v) is 1.34. The van der Waals surface area contributed by atoms with Gasteiger partial charge in [0.1, 0.15) is 0 Å². The summed E-state index contributed by atoms with van der Waals surface area (Å²) in [5.41, 5.74) is 0.718. The third-order valence-corrected chi connectivity index (χ3v) is 2.40. The van der Waals surface area contributed by atoms with Gasteiger partial charge < -0.3 is 9.84 Å². The average molecular weight is 223 g/mol. The number of pyridine rings is 1. The minimum atomic E-state index is -0.514. The topological polar surface area (TPSA) is 42.4 Å². The molecular formula is C13H21NO2. The van der Waals surface area contributed by atoms with E-state index in [-0.39, 0.29) is 0 Å². The van der Waals surface area contributed by atoms with Crippen LogP contribution >= 0.6 is 0 Å². The fourth-order valence-electron chi connectivity index (χ4n) is 1.34. The van der Waals surface area contributed by atoms with Gasteiger partial charge in [0.25, 0.3) is 0 Å². The summed E-state index contributed by atoms with van der Waals surface area (Å²) in [6.07, 6.45) is 2.85. The largest absolute Gasteiger partial charge is 0.387 e. The second-order valence-electron chi connectivity index (χ2n) is 4.35. The summed E-state index contributed by atoms with van der Waals surface area (Å²) < 4.78 is 5.45. The van der Waals surface area contributed by atoms with Crippen molar-refractivity contribution in [1.82, 2.24) is 4.98 Å². The van der Waals surface area contributed by atoms with Crippen molar-refractivity contribution in [2.24, 2.45) is 5.92 Å². The van der Waals surface area contributed by atoms with E-state index < -0.39 is 6.10 Å². The van der Waals surface area contributed by atoms with Crippen LogP contribution in [0, 0.1) is 5.92 Å². The number of aliphatic hydroxyl groups is 1. The summed E-state index contributed by atoms with van der Waals surface area (Å²) in [5, 5.41) is 9.79. The predicted octanol–water partition coefficient (Wildman–Crippen LogP) is 2.57. The van der Waals surface area contributed by atoms with E-state index in [1.165, 1.54) is 0 Å². The van der Waals surface area contributed by atoms with Gasteiger partial charge in [0.2, 0.25) is 0 Å². The quantitative estimate of drug-likeness (QED) is 0.722. The van der Waals surface area contributed by atoms with E-state index in [0.29, 0.717) is 18.9 Å². The molecular weight excluding hydrogens is 202 g/mol. The smallest absolute Gasteiger partial charge is 0.0981 e. The first-order valence-corrected chi connectivity index (χ1v) is 5.87. The number of aliphatic hydroxyl groups excluding tert-OH is 1. The second kappa shape index (κ2) is 7.36. The standard InChI is InChI=1S/C13H21NO2/c1-11(2)6-9-16-10-7-13(15)12-5-3-4-8-14-12/h3-5,8,11,13,15H,6-7,9-10H2,1-2H3. The zero-order valence-electron chi connectivity index (χ0n) is 10.1. The molecule has 0 amide bonds. The van der Waals surface area contributed by atoms with Crippen molar-refractivity contribution in [1.29, 1.82) is 0 Å². The van der Waals surface area contributed by atoms with Gasteiger partial charge in [-0.15, -0.1) is 0 Å². The zero-order valence-corrected chi connectivity index (χ0v) is 10.1. The molecule has 90 valence electrons. The SMILES string of the molecule is CC(C)CCOCCC(O)c1ccccn1. The molecule has 1 N–H and O–H groups in total. The molecule has 3 heteroatoms. The lowest BCUT2D eigenvalue weighted by Gasteiger charge is -2.10. The highest BCUT2D eigenvalue weighted by Gasteiger charge is 2.07. The molecule has 0 saturated heterocycles. The molecule has 1 rings (SSSR count). The molecule has 16 heavy (non-hydrogen) atoms. The molecule has 0 aliphatic carbocycles. The van der Waals surface area contributed by atoms with Gasteiger partial charge in [0.15, 0.2) is 0 Å². The third-order valence-electron chi connectivity index (χ3n) is 2.40. The lowest BCUT2D eigenvalue weighted by Crippen LogP contribution is -2.06. The van der Waals surface area contributed by atoms with Crippen molar-refractivity contribution in [3.8, 4) is 0 Å². The van der Waals surface area contributed by atoms with E-state index in [9.17, 15) is 5.11 Å². The second-order valence-corrected chi connectivity index (χ2v) is 4.35. The molecule has 1 heterocycles. The Hall–Kier alpha value is -0.930. The first kappa shape index (κ1) is 13.1. The van der Waals surface area contributed by atoms with E-state index in [1.807, 2.05) is 18.2 Å². The maximum Gasteiger partial charge on any atom is 0.0981 e. The molecule has 0 aliphatic rings. The molecule has 0 spiro atoms. The first-order chi connectivity index (χ1) is 7.70. The Morgan fingerprint density at radius 2 is 2.00 bits per heavy atom. The lowest BCUT2D eigenvalue weighted by atomic mass is 10.1. The van der Waals surface area contributed by atoms with Crippen LogP contribution in [0.3, 0.4) is 0 Å². The van der Waals surface area contributed by atoms with Crippen molar-refractivity contribution < 1.29 is 9.84 Å². The molecule has 3 nitrogen and oxygen atoms in total. The van der Waals surface area contributed by atoms with E-state index in [2.05, 4.69) is 18.8 Å². The van der Waals surface area contributed by atoms with Gasteiger partial charge in [-0.3, -0.25) is 4.98 Å². The Morgan fingerprint density at radius 3 is 2.62 bits per heavy atom. The number of aromatic nitrogens is 1. The highest BCUT2D eigenvalue weighted by molar-refractivity contribution is 5.06. The normalized spacial score (nSPS) is 13.0. The Balaban J connectivity index is 2.14. The number of rotatable bonds is 7. The summed E-state index contributed by atoms with van der Waals surface area (Å²) >= 11 is 0. The van der Waals surface area contributed by atoms with Crippen LogP contribution in [0.5, 0.6) is 0 Å². The van der Waals surface area contributed by atoms with Crippen LogP contribution in [0.2, 0.25) is 0 Å². The number of hydrogen-bond acceptors (Lipinski definition) is 3. The predicted molar refractivity (Wildman–Crippen MR) is 64.1 cm³/mol. The summed E-state index contributed by atoms with van der Waals surface area (Å²) in [5.74, 6) is 0.667. The molecule has 1 unspecified atom stereocenters. The van der Waals surface area contributed by atoms with Gasteiger partial charge in [-0.25, -0.2) is 0 Å². The van der Waals surface area contributed by atoms with Crippen molar-refractivity contribution in [3.63, 3.8) is 0 Å². The van der Waals surface area contributed by atoms with Crippen molar-refractivity contribution in [2.75, 3.05) is 13.2 Å². The van der Waals surface area contributed by atoms with Crippen molar-refractivity contribution >= 4 is 0 Å². The van der Waals surface area contributed by atoms with E-state index in [0.717, 1.165) is 18.7 Å². The van der Waals surface area contributed by atoms with Crippen LogP contribution in [0.25, 0.3) is 0 Å². The van der Waals surface area contributed by atoms with Crippen LogP contribution in [0.1, 0.15) is 38.5 Å². The summed E-state index contributed by atoms with van der Waals surface area (Å²) in [6, 6.07) is 5.55. The van der Waals surface area contributed by atoms with Crippen molar-refractivity contribution in [2.45, 2.75) is 32.8 Å². The summed E-state index contributed by atoms with van der Waals surface area (Å²) in [6.45, 7) is 5.70. The van der Waals surface area contributed by atoms with E-state index in [1.54, 1.807) is 6.20 Å². The lowest BCUT2D eigenvalue weighted by molar-refractivity contribution is 0.0750. The molecule has 1 aromatic rings. The maximum atomic E-state index is 9.79.